The lowest BCUT2D eigenvalue weighted by Crippen LogP contribution is -2.54. The number of carbonyl (C=O) groups excluding carboxylic acids is 1. The fourth-order valence-corrected chi connectivity index (χ4v) is 2.88. The number of carboxylic acid groups (broad SMARTS) is 1. The number of pyridine rings is 1. The van der Waals surface area contributed by atoms with Crippen LogP contribution in [0.1, 0.15) is 36.2 Å². The van der Waals surface area contributed by atoms with Crippen LogP contribution in [0.25, 0.3) is 10.8 Å². The van der Waals surface area contributed by atoms with Crippen molar-refractivity contribution in [3.8, 4) is 0 Å². The summed E-state index contributed by atoms with van der Waals surface area (Å²) in [4.78, 5) is 37.9. The maximum absolute atomic E-state index is 12.4. The summed E-state index contributed by atoms with van der Waals surface area (Å²) < 4.78 is 0. The molecule has 22 heavy (non-hydrogen) atoms. The van der Waals surface area contributed by atoms with E-state index >= 15 is 0 Å². The lowest BCUT2D eigenvalue weighted by atomic mass is 9.74. The molecule has 3 N–H and O–H groups in total. The van der Waals surface area contributed by atoms with E-state index in [-0.39, 0.29) is 17.7 Å². The molecule has 0 atom stereocenters. The van der Waals surface area contributed by atoms with Gasteiger partial charge in [-0.25, -0.2) is 0 Å². The molecule has 1 aromatic heterocycles. The van der Waals surface area contributed by atoms with Crippen molar-refractivity contribution >= 4 is 22.6 Å². The Balaban J connectivity index is 1.89. The first-order valence-corrected chi connectivity index (χ1v) is 7.15. The summed E-state index contributed by atoms with van der Waals surface area (Å²) in [5.41, 5.74) is -0.865. The summed E-state index contributed by atoms with van der Waals surface area (Å²) in [6.45, 7) is 0. The number of benzene rings is 1. The highest BCUT2D eigenvalue weighted by atomic mass is 16.4. The largest absolute Gasteiger partial charge is 0.481 e. The molecule has 1 fully saturated rings. The second kappa shape index (κ2) is 5.29. The van der Waals surface area contributed by atoms with Gasteiger partial charge in [0.2, 0.25) is 0 Å². The van der Waals surface area contributed by atoms with Crippen LogP contribution in [-0.4, -0.2) is 27.5 Å². The van der Waals surface area contributed by atoms with Crippen molar-refractivity contribution in [2.45, 2.75) is 31.2 Å². The molecule has 0 unspecified atom stereocenters. The van der Waals surface area contributed by atoms with E-state index in [1.807, 2.05) is 0 Å². The van der Waals surface area contributed by atoms with Gasteiger partial charge in [0, 0.05) is 5.39 Å². The number of aliphatic carboxylic acids is 1. The topological polar surface area (TPSA) is 99.3 Å². The molecule has 0 spiro atoms. The van der Waals surface area contributed by atoms with Crippen LogP contribution in [0, 0.1) is 0 Å². The molecule has 6 nitrogen and oxygen atoms in total. The zero-order valence-electron chi connectivity index (χ0n) is 11.9. The Morgan fingerprint density at radius 1 is 1.27 bits per heavy atom. The first kappa shape index (κ1) is 14.3. The molecule has 1 amide bonds. The van der Waals surface area contributed by atoms with Crippen molar-refractivity contribution in [1.29, 1.82) is 0 Å². The summed E-state index contributed by atoms with van der Waals surface area (Å²) in [5, 5.41) is 12.9. The zero-order valence-corrected chi connectivity index (χ0v) is 11.9. The standard InChI is InChI=1S/C16H16N2O4/c19-13(20)9-16(6-3-7-16)18-15(22)12-8-10-4-1-2-5-11(10)14(21)17-12/h1-2,4-5,8H,3,6-7,9H2,(H,17,21)(H,18,22)(H,19,20). The molecule has 114 valence electrons. The molecule has 1 saturated carbocycles. The number of hydrogen-bond acceptors (Lipinski definition) is 3. The van der Waals surface area contributed by atoms with E-state index in [9.17, 15) is 14.4 Å². The fourth-order valence-electron chi connectivity index (χ4n) is 2.88. The number of amides is 1. The Morgan fingerprint density at radius 3 is 2.64 bits per heavy atom. The van der Waals surface area contributed by atoms with E-state index < -0.39 is 17.4 Å². The van der Waals surface area contributed by atoms with Crippen molar-refractivity contribution in [2.24, 2.45) is 0 Å². The van der Waals surface area contributed by atoms with Crippen LogP contribution in [0.3, 0.4) is 0 Å². The van der Waals surface area contributed by atoms with Gasteiger partial charge in [-0.15, -0.1) is 0 Å². The average Bonchev–Trinajstić information content (AvgIpc) is 2.44. The highest BCUT2D eigenvalue weighted by molar-refractivity contribution is 5.97. The van der Waals surface area contributed by atoms with Gasteiger partial charge < -0.3 is 15.4 Å². The van der Waals surface area contributed by atoms with Crippen molar-refractivity contribution in [3.63, 3.8) is 0 Å². The number of rotatable bonds is 4. The van der Waals surface area contributed by atoms with Gasteiger partial charge >= 0.3 is 5.97 Å². The number of nitrogens with one attached hydrogen (secondary N) is 2. The highest BCUT2D eigenvalue weighted by Gasteiger charge is 2.40. The SMILES string of the molecule is O=C(O)CC1(NC(=O)c2cc3ccccc3c(=O)[nH]2)CCC1. The van der Waals surface area contributed by atoms with E-state index in [0.29, 0.717) is 23.6 Å². The van der Waals surface area contributed by atoms with Gasteiger partial charge in [-0.2, -0.15) is 0 Å². The van der Waals surface area contributed by atoms with E-state index in [2.05, 4.69) is 10.3 Å². The van der Waals surface area contributed by atoms with Crippen LogP contribution in [0.5, 0.6) is 0 Å². The lowest BCUT2D eigenvalue weighted by molar-refractivity contribution is -0.139. The van der Waals surface area contributed by atoms with Crippen molar-refractivity contribution in [2.75, 3.05) is 0 Å². The van der Waals surface area contributed by atoms with Gasteiger partial charge in [-0.3, -0.25) is 14.4 Å². The molecule has 1 aliphatic carbocycles. The van der Waals surface area contributed by atoms with Gasteiger partial charge in [0.05, 0.1) is 12.0 Å². The Labute approximate surface area is 126 Å². The van der Waals surface area contributed by atoms with Gasteiger partial charge in [-0.05, 0) is 36.8 Å². The molecule has 0 aliphatic heterocycles. The molecule has 1 aliphatic rings. The highest BCUT2D eigenvalue weighted by Crippen LogP contribution is 2.35. The summed E-state index contributed by atoms with van der Waals surface area (Å²) in [7, 11) is 0. The molecule has 3 rings (SSSR count). The molecule has 0 saturated heterocycles. The third kappa shape index (κ3) is 2.59. The summed E-state index contributed by atoms with van der Waals surface area (Å²) >= 11 is 0. The Hall–Kier alpha value is -2.63. The number of aromatic nitrogens is 1. The van der Waals surface area contributed by atoms with Crippen molar-refractivity contribution in [3.05, 3.63) is 46.4 Å². The smallest absolute Gasteiger partial charge is 0.305 e. The molecular weight excluding hydrogens is 284 g/mol. The number of hydrogen-bond donors (Lipinski definition) is 3. The van der Waals surface area contributed by atoms with Crippen LogP contribution in [0.2, 0.25) is 0 Å². The molecule has 0 bridgehead atoms. The molecule has 1 heterocycles. The number of H-pyrrole nitrogens is 1. The molecule has 6 heteroatoms. The second-order valence-electron chi connectivity index (χ2n) is 5.76. The van der Waals surface area contributed by atoms with Gasteiger partial charge in [0.25, 0.3) is 11.5 Å². The van der Waals surface area contributed by atoms with E-state index in [1.165, 1.54) is 0 Å². The van der Waals surface area contributed by atoms with Gasteiger partial charge in [-0.1, -0.05) is 18.2 Å². The minimum absolute atomic E-state index is 0.101. The third-order valence-electron chi connectivity index (χ3n) is 4.18. The fraction of sp³-hybridized carbons (Fsp3) is 0.312. The third-order valence-corrected chi connectivity index (χ3v) is 4.18. The quantitative estimate of drug-likeness (QED) is 0.799. The number of carbonyl (C=O) groups is 2. The van der Waals surface area contributed by atoms with Crippen molar-refractivity contribution < 1.29 is 14.7 Å². The Bertz CT molecular complexity index is 805. The van der Waals surface area contributed by atoms with E-state index in [4.69, 9.17) is 5.11 Å². The van der Waals surface area contributed by atoms with Crippen molar-refractivity contribution in [1.82, 2.24) is 10.3 Å². The van der Waals surface area contributed by atoms with Crippen LogP contribution in [0.15, 0.2) is 35.1 Å². The van der Waals surface area contributed by atoms with Crippen LogP contribution in [-0.2, 0) is 4.79 Å². The number of carboxylic acids is 1. The lowest BCUT2D eigenvalue weighted by Gasteiger charge is -2.41. The van der Waals surface area contributed by atoms with Crippen LogP contribution in [0.4, 0.5) is 0 Å². The minimum Gasteiger partial charge on any atom is -0.481 e. The minimum atomic E-state index is -0.938. The second-order valence-corrected chi connectivity index (χ2v) is 5.76. The summed E-state index contributed by atoms with van der Waals surface area (Å²) in [5.74, 6) is -1.38. The van der Waals surface area contributed by atoms with E-state index in [1.54, 1.807) is 30.3 Å². The number of fused-ring (bicyclic) bond motifs is 1. The molecular formula is C16H16N2O4. The van der Waals surface area contributed by atoms with Crippen LogP contribution >= 0.6 is 0 Å². The molecule has 2 aromatic rings. The van der Waals surface area contributed by atoms with E-state index in [0.717, 1.165) is 6.42 Å². The number of aromatic amines is 1. The van der Waals surface area contributed by atoms with Gasteiger partial charge in [0.1, 0.15) is 5.69 Å². The summed E-state index contributed by atoms with van der Waals surface area (Å²) in [6.07, 6.45) is 2.07. The predicted octanol–water partition coefficient (Wildman–Crippen LogP) is 1.66. The Kier molecular flexibility index (Phi) is 3.44. The average molecular weight is 300 g/mol. The van der Waals surface area contributed by atoms with Gasteiger partial charge in [0.15, 0.2) is 0 Å². The first-order chi connectivity index (χ1) is 10.5. The van der Waals surface area contributed by atoms with Crippen LogP contribution < -0.4 is 10.9 Å². The monoisotopic (exact) mass is 300 g/mol. The maximum Gasteiger partial charge on any atom is 0.305 e. The normalized spacial score (nSPS) is 16.0. The predicted molar refractivity (Wildman–Crippen MR) is 80.9 cm³/mol. The maximum atomic E-state index is 12.4. The summed E-state index contributed by atoms with van der Waals surface area (Å²) in [6, 6.07) is 8.61. The first-order valence-electron chi connectivity index (χ1n) is 7.15. The molecule has 1 aromatic carbocycles. The Morgan fingerprint density at radius 2 is 2.00 bits per heavy atom. The zero-order chi connectivity index (χ0) is 15.7. The molecule has 0 radical (unpaired) electrons.